The first-order valence-electron chi connectivity index (χ1n) is 9.93. The zero-order chi connectivity index (χ0) is 23.6. The van der Waals surface area contributed by atoms with Crippen LogP contribution >= 0.6 is 0 Å². The number of aromatic nitrogens is 4. The highest BCUT2D eigenvalue weighted by molar-refractivity contribution is 6.44. The van der Waals surface area contributed by atoms with Crippen molar-refractivity contribution in [3.8, 4) is 0 Å². The van der Waals surface area contributed by atoms with Crippen molar-refractivity contribution >= 4 is 35.2 Å². The van der Waals surface area contributed by atoms with Crippen molar-refractivity contribution in [2.75, 3.05) is 31.0 Å². The molecule has 0 atom stereocenters. The van der Waals surface area contributed by atoms with E-state index in [1.165, 1.54) is 6.21 Å². The third kappa shape index (κ3) is 6.43. The Kier molecular flexibility index (Phi) is 7.78. The van der Waals surface area contributed by atoms with Crippen molar-refractivity contribution < 1.29 is 14.3 Å². The number of anilines is 2. The van der Waals surface area contributed by atoms with E-state index in [9.17, 15) is 9.59 Å². The zero-order valence-electron chi connectivity index (χ0n) is 18.3. The molecule has 2 aromatic carbocycles. The number of amides is 1. The second kappa shape index (κ2) is 11.1. The van der Waals surface area contributed by atoms with E-state index in [1.807, 2.05) is 43.3 Å². The number of benzene rings is 2. The van der Waals surface area contributed by atoms with E-state index in [1.54, 1.807) is 31.2 Å². The van der Waals surface area contributed by atoms with Crippen LogP contribution in [0.5, 0.6) is 0 Å². The lowest BCUT2D eigenvalue weighted by Gasteiger charge is -2.11. The van der Waals surface area contributed by atoms with Crippen LogP contribution in [0.3, 0.4) is 0 Å². The first-order valence-corrected chi connectivity index (χ1v) is 9.93. The summed E-state index contributed by atoms with van der Waals surface area (Å²) in [5.41, 5.74) is 7.77. The fraction of sp³-hybridized carbons (Fsp3) is 0.190. The van der Waals surface area contributed by atoms with E-state index in [0.717, 1.165) is 11.3 Å². The number of nitrogens with one attached hydrogen (secondary N) is 3. The lowest BCUT2D eigenvalue weighted by molar-refractivity contribution is -0.114. The van der Waals surface area contributed by atoms with Gasteiger partial charge in [0.25, 0.3) is 5.91 Å². The highest BCUT2D eigenvalue weighted by Crippen LogP contribution is 2.12. The van der Waals surface area contributed by atoms with Gasteiger partial charge in [0.15, 0.2) is 5.71 Å². The number of hydrazone groups is 2. The molecule has 33 heavy (non-hydrogen) atoms. The number of hydrogen-bond donors (Lipinski definition) is 3. The van der Waals surface area contributed by atoms with Crippen LogP contribution in [0.15, 0.2) is 58.7 Å². The molecular weight excluding hydrogens is 426 g/mol. The number of carbonyl (C=O) groups excluding carboxylic acids is 2. The van der Waals surface area contributed by atoms with Gasteiger partial charge < -0.3 is 9.64 Å². The fourth-order valence-corrected chi connectivity index (χ4v) is 2.56. The molecule has 0 saturated heterocycles. The average Bonchev–Trinajstić information content (AvgIpc) is 3.35. The van der Waals surface area contributed by atoms with Gasteiger partial charge in [-0.2, -0.15) is 15.4 Å². The average molecular weight is 449 g/mol. The Labute approximate surface area is 189 Å². The normalized spacial score (nSPS) is 11.3. The molecule has 170 valence electrons. The summed E-state index contributed by atoms with van der Waals surface area (Å²) in [5.74, 6) is -1.09. The third-order valence-corrected chi connectivity index (χ3v) is 4.25. The topological polar surface area (TPSA) is 150 Å². The quantitative estimate of drug-likeness (QED) is 0.252. The van der Waals surface area contributed by atoms with Crippen LogP contribution in [0.1, 0.15) is 28.7 Å². The van der Waals surface area contributed by atoms with Crippen LogP contribution in [0.2, 0.25) is 0 Å². The second-order valence-corrected chi connectivity index (χ2v) is 6.79. The summed E-state index contributed by atoms with van der Waals surface area (Å²) in [5, 5.41) is 21.4. The minimum Gasteiger partial charge on any atom is -0.462 e. The van der Waals surface area contributed by atoms with Crippen molar-refractivity contribution in [1.29, 1.82) is 0 Å². The number of hydrogen-bond acceptors (Lipinski definition) is 10. The first kappa shape index (κ1) is 23.1. The smallest absolute Gasteiger partial charge is 0.338 e. The predicted octanol–water partition coefficient (Wildman–Crippen LogP) is 1.41. The number of tetrazole rings is 1. The predicted molar refractivity (Wildman–Crippen MR) is 123 cm³/mol. The fourth-order valence-electron chi connectivity index (χ4n) is 2.56. The summed E-state index contributed by atoms with van der Waals surface area (Å²) in [6.07, 6.45) is 1.51. The van der Waals surface area contributed by atoms with Crippen LogP contribution < -0.4 is 15.8 Å². The number of esters is 1. The molecule has 0 spiro atoms. The number of carbonyl (C=O) groups is 2. The highest BCUT2D eigenvalue weighted by atomic mass is 16.5. The van der Waals surface area contributed by atoms with Crippen molar-refractivity contribution in [2.45, 2.75) is 6.92 Å². The van der Waals surface area contributed by atoms with Gasteiger partial charge in [-0.3, -0.25) is 10.2 Å². The molecule has 0 unspecified atom stereocenters. The van der Waals surface area contributed by atoms with E-state index in [0.29, 0.717) is 11.3 Å². The van der Waals surface area contributed by atoms with Gasteiger partial charge in [-0.25, -0.2) is 10.2 Å². The number of aromatic amines is 1. The zero-order valence-corrected chi connectivity index (χ0v) is 18.3. The van der Waals surface area contributed by atoms with Crippen molar-refractivity contribution in [1.82, 2.24) is 26.0 Å². The molecular formula is C21H23N9O3. The lowest BCUT2D eigenvalue weighted by atomic mass is 10.2. The Bertz CT molecular complexity index is 1120. The van der Waals surface area contributed by atoms with Crippen molar-refractivity contribution in [3.63, 3.8) is 0 Å². The van der Waals surface area contributed by atoms with E-state index in [-0.39, 0.29) is 18.1 Å². The summed E-state index contributed by atoms with van der Waals surface area (Å²) in [4.78, 5) is 26.4. The Hall–Kier alpha value is -4.61. The number of rotatable bonds is 9. The summed E-state index contributed by atoms with van der Waals surface area (Å²) < 4.78 is 4.95. The van der Waals surface area contributed by atoms with Gasteiger partial charge in [-0.15, -0.1) is 10.2 Å². The molecule has 12 nitrogen and oxygen atoms in total. The molecule has 1 heterocycles. The molecule has 3 N–H and O–H groups in total. The van der Waals surface area contributed by atoms with Crippen molar-refractivity contribution in [3.05, 3.63) is 65.5 Å². The van der Waals surface area contributed by atoms with E-state index < -0.39 is 11.9 Å². The molecule has 1 amide bonds. The maximum atomic E-state index is 12.6. The van der Waals surface area contributed by atoms with Gasteiger partial charge >= 0.3 is 5.97 Å². The maximum Gasteiger partial charge on any atom is 0.338 e. The summed E-state index contributed by atoms with van der Waals surface area (Å²) in [7, 11) is 3.90. The lowest BCUT2D eigenvalue weighted by Crippen LogP contribution is -2.29. The SMILES string of the molecule is CCOC(=O)c1ccc(NN=C(C(=O)NN=Cc2ccc(N(C)C)cc2)c2nn[nH]n2)cc1. The molecule has 1 aromatic heterocycles. The Balaban J connectivity index is 1.68. The van der Waals surface area contributed by atoms with E-state index in [4.69, 9.17) is 4.74 Å². The van der Waals surface area contributed by atoms with Gasteiger partial charge in [0, 0.05) is 19.8 Å². The van der Waals surface area contributed by atoms with Gasteiger partial charge in [0.2, 0.25) is 5.82 Å². The van der Waals surface area contributed by atoms with Crippen LogP contribution in [0.4, 0.5) is 11.4 Å². The van der Waals surface area contributed by atoms with E-state index in [2.05, 4.69) is 41.7 Å². The molecule has 3 rings (SSSR count). The molecule has 0 bridgehead atoms. The van der Waals surface area contributed by atoms with E-state index >= 15 is 0 Å². The number of ether oxygens (including phenoxy) is 1. The minimum absolute atomic E-state index is 0.0197. The maximum absolute atomic E-state index is 12.6. The Morgan fingerprint density at radius 3 is 2.45 bits per heavy atom. The second-order valence-electron chi connectivity index (χ2n) is 6.79. The Morgan fingerprint density at radius 1 is 1.12 bits per heavy atom. The molecule has 12 heteroatoms. The van der Waals surface area contributed by atoms with Crippen LogP contribution in [-0.2, 0) is 9.53 Å². The molecule has 0 radical (unpaired) electrons. The minimum atomic E-state index is -0.645. The number of H-pyrrole nitrogens is 1. The van der Waals surface area contributed by atoms with Gasteiger partial charge in [0.05, 0.1) is 24.1 Å². The summed E-state index contributed by atoms with van der Waals surface area (Å²) in [6, 6.07) is 14.0. The summed E-state index contributed by atoms with van der Waals surface area (Å²) >= 11 is 0. The van der Waals surface area contributed by atoms with Gasteiger partial charge in [-0.1, -0.05) is 12.1 Å². The molecule has 0 saturated carbocycles. The number of nitrogens with zero attached hydrogens (tertiary/aromatic N) is 6. The molecule has 0 aliphatic rings. The van der Waals surface area contributed by atoms with Crippen LogP contribution in [0, 0.1) is 0 Å². The van der Waals surface area contributed by atoms with Crippen LogP contribution in [-0.4, -0.2) is 65.1 Å². The highest BCUT2D eigenvalue weighted by Gasteiger charge is 2.18. The Morgan fingerprint density at radius 2 is 1.85 bits per heavy atom. The first-order chi connectivity index (χ1) is 16.0. The van der Waals surface area contributed by atoms with Crippen molar-refractivity contribution in [2.24, 2.45) is 10.2 Å². The van der Waals surface area contributed by atoms with Gasteiger partial charge in [0.1, 0.15) is 0 Å². The molecule has 3 aromatic rings. The molecule has 0 aliphatic heterocycles. The molecule has 0 fully saturated rings. The standard InChI is InChI=1S/C21H23N9O3/c1-4-33-21(32)15-7-9-16(10-8-15)23-24-18(19-25-28-29-26-19)20(31)27-22-13-14-5-11-17(12-6-14)30(2)3/h5-13,23H,4H2,1-3H3,(H,27,31)(H,25,26,28,29). The monoisotopic (exact) mass is 449 g/mol. The molecule has 0 aliphatic carbocycles. The van der Waals surface area contributed by atoms with Gasteiger partial charge in [-0.05, 0) is 54.1 Å². The summed E-state index contributed by atoms with van der Waals surface area (Å²) in [6.45, 7) is 2.02. The largest absolute Gasteiger partial charge is 0.462 e. The van der Waals surface area contributed by atoms with Crippen LogP contribution in [0.25, 0.3) is 0 Å². The third-order valence-electron chi connectivity index (χ3n) is 4.25.